The van der Waals surface area contributed by atoms with E-state index in [2.05, 4.69) is 31.5 Å². The van der Waals surface area contributed by atoms with Crippen LogP contribution in [0, 0.1) is 13.8 Å². The minimum absolute atomic E-state index is 0.223. The maximum atomic E-state index is 13.6. The van der Waals surface area contributed by atoms with Crippen molar-refractivity contribution in [3.05, 3.63) is 117 Å². The number of fused-ring (bicyclic) bond motifs is 1. The number of aryl methyl sites for hydroxylation is 4. The molecule has 5 aromatic rings. The molecule has 11 heteroatoms. The van der Waals surface area contributed by atoms with Crippen molar-refractivity contribution >= 4 is 16.6 Å². The molecule has 3 heterocycles. The Balaban J connectivity index is 1.34. The molecule has 43 heavy (non-hydrogen) atoms. The first-order valence-corrected chi connectivity index (χ1v) is 14.3. The molecule has 8 nitrogen and oxygen atoms in total. The maximum Gasteiger partial charge on any atom is 0.416 e. The third-order valence-electron chi connectivity index (χ3n) is 8.26. The standard InChI is InChI=1S/C32H32F3N7O/c1-21-17-24-19-27(31(43)36-28(24)18-22(21)2)29(30-37-38-39-42(30)12-11-23-7-4-3-5-8-23)41-15-13-40(14-16-41)26-10-6-9-25(20-26)32(33,34)35/h3-10,17-20,29H,11-16H2,1-2H3,(H,36,43)/t29-/m0/s1. The highest BCUT2D eigenvalue weighted by Crippen LogP contribution is 2.33. The van der Waals surface area contributed by atoms with Crippen molar-refractivity contribution in [2.45, 2.75) is 39.0 Å². The third-order valence-corrected chi connectivity index (χ3v) is 8.26. The second kappa shape index (κ2) is 11.6. The van der Waals surface area contributed by atoms with Gasteiger partial charge in [0.25, 0.3) is 5.56 Å². The molecular weight excluding hydrogens is 555 g/mol. The van der Waals surface area contributed by atoms with E-state index in [0.29, 0.717) is 56.2 Å². The molecule has 0 amide bonds. The van der Waals surface area contributed by atoms with Crippen LogP contribution in [0.5, 0.6) is 0 Å². The highest BCUT2D eigenvalue weighted by molar-refractivity contribution is 5.81. The molecule has 0 saturated carbocycles. The highest BCUT2D eigenvalue weighted by atomic mass is 19.4. The number of piperazine rings is 1. The zero-order valence-electron chi connectivity index (χ0n) is 24.0. The van der Waals surface area contributed by atoms with E-state index in [1.165, 1.54) is 12.1 Å². The fraction of sp³-hybridized carbons (Fsp3) is 0.312. The molecule has 1 aliphatic rings. The average molecular weight is 588 g/mol. The fourth-order valence-corrected chi connectivity index (χ4v) is 5.76. The number of aromatic amines is 1. The number of tetrazole rings is 1. The van der Waals surface area contributed by atoms with Gasteiger partial charge in [0.15, 0.2) is 5.82 Å². The number of nitrogens with zero attached hydrogens (tertiary/aromatic N) is 6. The molecule has 2 aromatic heterocycles. The lowest BCUT2D eigenvalue weighted by atomic mass is 10.00. The van der Waals surface area contributed by atoms with Crippen LogP contribution in [-0.2, 0) is 19.1 Å². The summed E-state index contributed by atoms with van der Waals surface area (Å²) < 4.78 is 41.9. The van der Waals surface area contributed by atoms with Crippen LogP contribution in [0.1, 0.15) is 39.7 Å². The lowest BCUT2D eigenvalue weighted by Gasteiger charge is -2.39. The first-order chi connectivity index (χ1) is 20.7. The van der Waals surface area contributed by atoms with E-state index < -0.39 is 17.8 Å². The number of anilines is 1. The first-order valence-electron chi connectivity index (χ1n) is 14.3. The van der Waals surface area contributed by atoms with Gasteiger partial charge >= 0.3 is 6.18 Å². The summed E-state index contributed by atoms with van der Waals surface area (Å²) in [5, 5.41) is 13.6. The zero-order valence-corrected chi connectivity index (χ0v) is 24.0. The number of H-pyrrole nitrogens is 1. The number of aromatic nitrogens is 5. The van der Waals surface area contributed by atoms with E-state index in [1.54, 1.807) is 10.7 Å². The molecular formula is C32H32F3N7O. The van der Waals surface area contributed by atoms with Crippen LogP contribution in [-0.4, -0.2) is 56.3 Å². The van der Waals surface area contributed by atoms with Crippen LogP contribution in [0.25, 0.3) is 10.9 Å². The smallest absolute Gasteiger partial charge is 0.369 e. The SMILES string of the molecule is Cc1cc2cc([C@@H](c3nnnn3CCc3ccccc3)N3CCN(c4cccc(C(F)(F)F)c4)CC3)c(=O)[nH]c2cc1C. The second-order valence-corrected chi connectivity index (χ2v) is 11.0. The number of rotatable bonds is 7. The maximum absolute atomic E-state index is 13.6. The van der Waals surface area contributed by atoms with Crippen LogP contribution < -0.4 is 10.5 Å². The normalized spacial score (nSPS) is 15.2. The summed E-state index contributed by atoms with van der Waals surface area (Å²) in [7, 11) is 0. The van der Waals surface area contributed by atoms with Gasteiger partial charge in [-0.25, -0.2) is 4.68 Å². The molecule has 1 saturated heterocycles. The number of pyridine rings is 1. The van der Waals surface area contributed by atoms with Crippen molar-refractivity contribution in [3.8, 4) is 0 Å². The monoisotopic (exact) mass is 587 g/mol. The molecule has 0 bridgehead atoms. The van der Waals surface area contributed by atoms with Gasteiger partial charge in [-0.15, -0.1) is 5.10 Å². The van der Waals surface area contributed by atoms with E-state index in [9.17, 15) is 18.0 Å². The van der Waals surface area contributed by atoms with Crippen molar-refractivity contribution in [1.29, 1.82) is 0 Å². The van der Waals surface area contributed by atoms with E-state index >= 15 is 0 Å². The Labute approximate surface area is 246 Å². The minimum atomic E-state index is -4.41. The summed E-state index contributed by atoms with van der Waals surface area (Å²) in [5.41, 5.74) is 4.26. The molecule has 0 spiro atoms. The molecule has 1 N–H and O–H groups in total. The van der Waals surface area contributed by atoms with E-state index in [4.69, 9.17) is 0 Å². The van der Waals surface area contributed by atoms with Crippen molar-refractivity contribution in [3.63, 3.8) is 0 Å². The fourth-order valence-electron chi connectivity index (χ4n) is 5.76. The molecule has 0 aliphatic carbocycles. The molecule has 222 valence electrons. The minimum Gasteiger partial charge on any atom is -0.369 e. The van der Waals surface area contributed by atoms with Gasteiger partial charge in [0, 0.05) is 49.5 Å². The Hall–Kier alpha value is -4.51. The van der Waals surface area contributed by atoms with Crippen LogP contribution >= 0.6 is 0 Å². The molecule has 1 aliphatic heterocycles. The Bertz CT molecular complexity index is 1790. The summed E-state index contributed by atoms with van der Waals surface area (Å²) >= 11 is 0. The Morgan fingerprint density at radius 2 is 1.65 bits per heavy atom. The second-order valence-electron chi connectivity index (χ2n) is 11.0. The summed E-state index contributed by atoms with van der Waals surface area (Å²) in [5.74, 6) is 0.553. The van der Waals surface area contributed by atoms with Crippen LogP contribution in [0.2, 0.25) is 0 Å². The van der Waals surface area contributed by atoms with Crippen molar-refractivity contribution < 1.29 is 13.2 Å². The van der Waals surface area contributed by atoms with Gasteiger partial charge in [0.2, 0.25) is 0 Å². The molecule has 1 atom stereocenters. The van der Waals surface area contributed by atoms with Gasteiger partial charge in [0.1, 0.15) is 6.04 Å². The predicted octanol–water partition coefficient (Wildman–Crippen LogP) is 5.30. The summed E-state index contributed by atoms with van der Waals surface area (Å²) in [6.07, 6.45) is -3.70. The number of halogens is 3. The zero-order chi connectivity index (χ0) is 30.1. The van der Waals surface area contributed by atoms with Gasteiger partial charge < -0.3 is 9.88 Å². The summed E-state index contributed by atoms with van der Waals surface area (Å²) in [6, 6.07) is 20.9. The molecule has 6 rings (SSSR count). The average Bonchev–Trinajstić information content (AvgIpc) is 3.46. The highest BCUT2D eigenvalue weighted by Gasteiger charge is 2.34. The molecule has 0 unspecified atom stereocenters. The number of hydrogen-bond acceptors (Lipinski definition) is 6. The Morgan fingerprint density at radius 3 is 2.40 bits per heavy atom. The number of alkyl halides is 3. The number of hydrogen-bond donors (Lipinski definition) is 1. The van der Waals surface area contributed by atoms with Gasteiger partial charge in [-0.1, -0.05) is 36.4 Å². The molecule has 0 radical (unpaired) electrons. The number of benzene rings is 3. The first kappa shape index (κ1) is 28.6. The topological polar surface area (TPSA) is 82.9 Å². The lowest BCUT2D eigenvalue weighted by Crippen LogP contribution is -2.49. The lowest BCUT2D eigenvalue weighted by molar-refractivity contribution is -0.137. The third kappa shape index (κ3) is 6.03. The van der Waals surface area contributed by atoms with Crippen LogP contribution in [0.3, 0.4) is 0 Å². The number of nitrogens with one attached hydrogen (secondary N) is 1. The van der Waals surface area contributed by atoms with Gasteiger partial charge in [-0.2, -0.15) is 13.2 Å². The van der Waals surface area contributed by atoms with Crippen LogP contribution in [0.15, 0.2) is 77.6 Å². The quantitative estimate of drug-likeness (QED) is 0.278. The van der Waals surface area contributed by atoms with E-state index in [1.807, 2.05) is 61.2 Å². The van der Waals surface area contributed by atoms with E-state index in [-0.39, 0.29) is 5.56 Å². The van der Waals surface area contributed by atoms with E-state index in [0.717, 1.165) is 33.7 Å². The van der Waals surface area contributed by atoms with Gasteiger partial charge in [-0.05, 0) is 89.2 Å². The predicted molar refractivity (Wildman–Crippen MR) is 159 cm³/mol. The Morgan fingerprint density at radius 1 is 0.907 bits per heavy atom. The van der Waals surface area contributed by atoms with Gasteiger partial charge in [0.05, 0.1) is 5.56 Å². The van der Waals surface area contributed by atoms with Crippen LogP contribution in [0.4, 0.5) is 18.9 Å². The molecule has 1 fully saturated rings. The summed E-state index contributed by atoms with van der Waals surface area (Å²) in [6.45, 7) is 6.52. The van der Waals surface area contributed by atoms with Gasteiger partial charge in [-0.3, -0.25) is 9.69 Å². The van der Waals surface area contributed by atoms with Crippen molar-refractivity contribution in [2.75, 3.05) is 31.1 Å². The largest absolute Gasteiger partial charge is 0.416 e. The summed E-state index contributed by atoms with van der Waals surface area (Å²) in [4.78, 5) is 20.8. The van der Waals surface area contributed by atoms with Crippen molar-refractivity contribution in [1.82, 2.24) is 30.1 Å². The Kier molecular flexibility index (Phi) is 7.74. The van der Waals surface area contributed by atoms with Crippen molar-refractivity contribution in [2.24, 2.45) is 0 Å². The molecule has 3 aromatic carbocycles.